The fourth-order valence-electron chi connectivity index (χ4n) is 1.38. The molecule has 1 heterocycles. The van der Waals surface area contributed by atoms with E-state index in [-0.39, 0.29) is 17.4 Å². The van der Waals surface area contributed by atoms with E-state index < -0.39 is 5.25 Å². The smallest absolute Gasteiger partial charge is 0.346 e. The fraction of sp³-hybridized carbons (Fsp3) is 0.692. The van der Waals surface area contributed by atoms with E-state index in [9.17, 15) is 9.59 Å². The van der Waals surface area contributed by atoms with Gasteiger partial charge in [0.05, 0.1) is 7.11 Å². The predicted octanol–water partition coefficient (Wildman–Crippen LogP) is 1.76. The van der Waals surface area contributed by atoms with Crippen molar-refractivity contribution in [2.24, 2.45) is 0 Å². The van der Waals surface area contributed by atoms with Gasteiger partial charge in [0.15, 0.2) is 11.0 Å². The number of nitrogens with zero attached hydrogens (tertiary/aromatic N) is 4. The Morgan fingerprint density at radius 1 is 1.33 bits per heavy atom. The number of hydrogen-bond donors (Lipinski definition) is 0. The number of carbonyl (C=O) groups excluding carboxylic acids is 2. The Bertz CT molecular complexity index is 534. The van der Waals surface area contributed by atoms with Crippen molar-refractivity contribution in [3.05, 3.63) is 5.82 Å². The summed E-state index contributed by atoms with van der Waals surface area (Å²) < 4.78 is 5.92. The van der Waals surface area contributed by atoms with E-state index in [4.69, 9.17) is 4.74 Å². The van der Waals surface area contributed by atoms with E-state index >= 15 is 0 Å². The van der Waals surface area contributed by atoms with E-state index in [1.54, 1.807) is 21.0 Å². The van der Waals surface area contributed by atoms with Gasteiger partial charge in [0.1, 0.15) is 5.25 Å². The molecule has 0 radical (unpaired) electrons. The normalized spacial score (nSPS) is 12.9. The van der Waals surface area contributed by atoms with Crippen LogP contribution in [0.15, 0.2) is 5.16 Å². The summed E-state index contributed by atoms with van der Waals surface area (Å²) in [7, 11) is 4.60. The van der Waals surface area contributed by atoms with E-state index in [1.807, 2.05) is 20.8 Å². The lowest BCUT2D eigenvalue weighted by molar-refractivity contribution is -0.139. The van der Waals surface area contributed by atoms with E-state index in [2.05, 4.69) is 10.1 Å². The number of esters is 1. The lowest BCUT2D eigenvalue weighted by Gasteiger charge is -2.13. The van der Waals surface area contributed by atoms with Gasteiger partial charge in [-0.1, -0.05) is 32.5 Å². The quantitative estimate of drug-likeness (QED) is 0.625. The molecule has 0 spiro atoms. The van der Waals surface area contributed by atoms with Crippen molar-refractivity contribution in [3.8, 4) is 0 Å². The summed E-state index contributed by atoms with van der Waals surface area (Å²) in [5, 5.41) is 4.20. The number of methoxy groups -OCH3 is 1. The molecule has 0 saturated carbocycles. The third kappa shape index (κ3) is 4.20. The third-order valence-electron chi connectivity index (χ3n) is 2.63. The topological polar surface area (TPSA) is 77.3 Å². The Balaban J connectivity index is 3.19. The maximum Gasteiger partial charge on any atom is 0.346 e. The Kier molecular flexibility index (Phi) is 5.38. The molecule has 0 aliphatic carbocycles. The van der Waals surface area contributed by atoms with Crippen LogP contribution in [0.25, 0.3) is 0 Å². The largest absolute Gasteiger partial charge is 0.468 e. The van der Waals surface area contributed by atoms with Crippen LogP contribution in [0.3, 0.4) is 0 Å². The average Bonchev–Trinajstić information content (AvgIpc) is 2.80. The van der Waals surface area contributed by atoms with Gasteiger partial charge in [-0.2, -0.15) is 4.68 Å². The molecular formula is C13H22N4O3S. The van der Waals surface area contributed by atoms with Crippen molar-refractivity contribution in [1.29, 1.82) is 0 Å². The molecule has 1 aromatic rings. The number of aromatic nitrogens is 3. The van der Waals surface area contributed by atoms with Gasteiger partial charge in [0, 0.05) is 19.5 Å². The van der Waals surface area contributed by atoms with Crippen LogP contribution in [0.5, 0.6) is 0 Å². The summed E-state index contributed by atoms with van der Waals surface area (Å²) >= 11 is 1.15. The molecule has 0 bridgehead atoms. The minimum absolute atomic E-state index is 0.290. The second-order valence-electron chi connectivity index (χ2n) is 5.84. The Hall–Kier alpha value is -1.57. The second-order valence-corrected chi connectivity index (χ2v) is 7.15. The predicted molar refractivity (Wildman–Crippen MR) is 80.5 cm³/mol. The van der Waals surface area contributed by atoms with Crippen LogP contribution >= 0.6 is 11.8 Å². The molecule has 118 valence electrons. The highest BCUT2D eigenvalue weighted by Gasteiger charge is 2.27. The molecule has 0 aromatic carbocycles. The summed E-state index contributed by atoms with van der Waals surface area (Å²) in [5.41, 5.74) is -0.290. The highest BCUT2D eigenvalue weighted by Crippen LogP contribution is 2.26. The zero-order valence-electron chi connectivity index (χ0n) is 13.5. The molecule has 0 aliphatic rings. The molecule has 1 atom stereocenters. The van der Waals surface area contributed by atoms with Gasteiger partial charge in [-0.25, -0.2) is 9.78 Å². The van der Waals surface area contributed by atoms with Crippen LogP contribution < -0.4 is 0 Å². The molecule has 0 saturated heterocycles. The van der Waals surface area contributed by atoms with Crippen molar-refractivity contribution in [1.82, 2.24) is 19.7 Å². The first-order chi connectivity index (χ1) is 9.57. The summed E-state index contributed by atoms with van der Waals surface area (Å²) in [6, 6.07) is -0.308. The number of thioether (sulfide) groups is 1. The third-order valence-corrected chi connectivity index (χ3v) is 3.65. The molecule has 8 heteroatoms. The van der Waals surface area contributed by atoms with Crippen LogP contribution in [0, 0.1) is 0 Å². The van der Waals surface area contributed by atoms with E-state index in [0.29, 0.717) is 11.0 Å². The Morgan fingerprint density at radius 3 is 2.33 bits per heavy atom. The van der Waals surface area contributed by atoms with Gasteiger partial charge in [0.2, 0.25) is 0 Å². The molecular weight excluding hydrogens is 292 g/mol. The first-order valence-electron chi connectivity index (χ1n) is 6.51. The number of rotatable bonds is 3. The van der Waals surface area contributed by atoms with Crippen molar-refractivity contribution in [2.75, 3.05) is 21.2 Å². The summed E-state index contributed by atoms with van der Waals surface area (Å²) in [5.74, 6) is 0.182. The maximum atomic E-state index is 12.2. The fourth-order valence-corrected chi connectivity index (χ4v) is 2.24. The van der Waals surface area contributed by atoms with Crippen LogP contribution in [-0.2, 0) is 14.9 Å². The van der Waals surface area contributed by atoms with Crippen LogP contribution in [0.2, 0.25) is 0 Å². The van der Waals surface area contributed by atoms with Crippen LogP contribution in [-0.4, -0.2) is 58.1 Å². The lowest BCUT2D eigenvalue weighted by atomic mass is 9.96. The van der Waals surface area contributed by atoms with Gasteiger partial charge >= 0.3 is 12.0 Å². The van der Waals surface area contributed by atoms with Crippen molar-refractivity contribution in [2.45, 2.75) is 43.5 Å². The SMILES string of the molecule is COC(=O)C(C)Sc1nc(C(C)(C)C)nn1C(=O)N(C)C. The Labute approximate surface area is 129 Å². The monoisotopic (exact) mass is 314 g/mol. The van der Waals surface area contributed by atoms with Crippen LogP contribution in [0.1, 0.15) is 33.5 Å². The number of amides is 1. The molecule has 21 heavy (non-hydrogen) atoms. The molecule has 1 rings (SSSR count). The second kappa shape index (κ2) is 6.46. The van der Waals surface area contributed by atoms with Gasteiger partial charge < -0.3 is 9.64 Å². The first kappa shape index (κ1) is 17.5. The van der Waals surface area contributed by atoms with E-state index in [0.717, 1.165) is 11.8 Å². The zero-order chi connectivity index (χ0) is 16.4. The van der Waals surface area contributed by atoms with E-state index in [1.165, 1.54) is 16.7 Å². The average molecular weight is 314 g/mol. The van der Waals surface area contributed by atoms with Gasteiger partial charge in [-0.15, -0.1) is 5.10 Å². The van der Waals surface area contributed by atoms with Crippen molar-refractivity contribution < 1.29 is 14.3 Å². The maximum absolute atomic E-state index is 12.2. The van der Waals surface area contributed by atoms with Gasteiger partial charge in [-0.05, 0) is 6.92 Å². The number of ether oxygens (including phenoxy) is 1. The molecule has 0 N–H and O–H groups in total. The summed E-state index contributed by atoms with van der Waals surface area (Å²) in [6.07, 6.45) is 0. The number of hydrogen-bond acceptors (Lipinski definition) is 6. The highest BCUT2D eigenvalue weighted by atomic mass is 32.2. The lowest BCUT2D eigenvalue weighted by Crippen LogP contribution is -2.29. The van der Waals surface area contributed by atoms with Crippen molar-refractivity contribution >= 4 is 23.8 Å². The van der Waals surface area contributed by atoms with Gasteiger partial charge in [0.25, 0.3) is 0 Å². The Morgan fingerprint density at radius 2 is 1.90 bits per heavy atom. The number of carbonyl (C=O) groups is 2. The molecule has 0 aliphatic heterocycles. The summed E-state index contributed by atoms with van der Waals surface area (Å²) in [6.45, 7) is 7.59. The minimum atomic E-state index is -0.472. The van der Waals surface area contributed by atoms with Crippen LogP contribution in [0.4, 0.5) is 4.79 Å². The molecule has 1 amide bonds. The molecule has 1 aromatic heterocycles. The summed E-state index contributed by atoms with van der Waals surface area (Å²) in [4.78, 5) is 29.5. The first-order valence-corrected chi connectivity index (χ1v) is 7.39. The highest BCUT2D eigenvalue weighted by molar-refractivity contribution is 8.00. The standard InChI is InChI=1S/C13H22N4O3S/c1-8(9(18)20-7)21-11-14-10(13(2,3)4)15-17(11)12(19)16(5)6/h8H,1-7H3. The molecule has 7 nitrogen and oxygen atoms in total. The zero-order valence-corrected chi connectivity index (χ0v) is 14.3. The van der Waals surface area contributed by atoms with Crippen molar-refractivity contribution in [3.63, 3.8) is 0 Å². The minimum Gasteiger partial charge on any atom is -0.468 e. The van der Waals surface area contributed by atoms with Gasteiger partial charge in [-0.3, -0.25) is 4.79 Å². The molecule has 0 fully saturated rings. The molecule has 1 unspecified atom stereocenters.